The van der Waals surface area contributed by atoms with Crippen molar-refractivity contribution in [3.8, 4) is 0 Å². The van der Waals surface area contributed by atoms with Crippen molar-refractivity contribution in [3.63, 3.8) is 0 Å². The van der Waals surface area contributed by atoms with Gasteiger partial charge in [0.15, 0.2) is 0 Å². The molecule has 3 aromatic carbocycles. The normalized spacial score (nSPS) is 11.1. The van der Waals surface area contributed by atoms with Gasteiger partial charge in [0.2, 0.25) is 0 Å². The molecule has 0 radical (unpaired) electrons. The summed E-state index contributed by atoms with van der Waals surface area (Å²) in [6.45, 7) is 3.82. The minimum absolute atomic E-state index is 0.342. The van der Waals surface area contributed by atoms with Crippen LogP contribution in [0.25, 0.3) is 0 Å². The molecule has 0 aliphatic heterocycles. The average Bonchev–Trinajstić information content (AvgIpc) is 2.73. The van der Waals surface area contributed by atoms with Crippen LogP contribution in [-0.2, 0) is 0 Å². The van der Waals surface area contributed by atoms with Gasteiger partial charge in [0, 0.05) is 16.8 Å². The third kappa shape index (κ3) is 5.35. The lowest BCUT2D eigenvalue weighted by Gasteiger charge is -2.07. The molecule has 0 aliphatic rings. The van der Waals surface area contributed by atoms with E-state index in [-0.39, 0.29) is 11.8 Å². The molecule has 0 saturated carbocycles. The summed E-state index contributed by atoms with van der Waals surface area (Å²) in [5.74, 6) is -1.12. The number of hydrogen-bond acceptors (Lipinski definition) is 3. The molecule has 146 valence electrons. The van der Waals surface area contributed by atoms with E-state index in [0.29, 0.717) is 22.5 Å². The molecular weight excluding hydrogens is 369 g/mol. The quantitative estimate of drug-likeness (QED) is 0.497. The van der Waals surface area contributed by atoms with Crippen molar-refractivity contribution in [1.29, 1.82) is 0 Å². The van der Waals surface area contributed by atoms with Crippen LogP contribution in [0.2, 0.25) is 0 Å². The summed E-state index contributed by atoms with van der Waals surface area (Å²) in [5, 5.41) is 6.83. The van der Waals surface area contributed by atoms with Crippen LogP contribution >= 0.6 is 0 Å². The fraction of sp³-hybridized carbons (Fsp3) is 0.0870. The van der Waals surface area contributed by atoms with Gasteiger partial charge in [-0.25, -0.2) is 9.82 Å². The topological polar surface area (TPSA) is 70.6 Å². The number of nitrogens with zero attached hydrogens (tertiary/aromatic N) is 1. The molecule has 5 nitrogen and oxygen atoms in total. The molecule has 0 aromatic heterocycles. The summed E-state index contributed by atoms with van der Waals surface area (Å²) in [5.41, 5.74) is 6.57. The zero-order chi connectivity index (χ0) is 20.8. The molecule has 0 fully saturated rings. The number of benzene rings is 3. The molecule has 0 saturated heterocycles. The van der Waals surface area contributed by atoms with E-state index in [4.69, 9.17) is 0 Å². The van der Waals surface area contributed by atoms with Crippen LogP contribution < -0.4 is 10.7 Å². The largest absolute Gasteiger partial charge is 0.322 e. The highest BCUT2D eigenvalue weighted by atomic mass is 19.1. The van der Waals surface area contributed by atoms with Crippen molar-refractivity contribution in [1.82, 2.24) is 5.43 Å². The van der Waals surface area contributed by atoms with Crippen molar-refractivity contribution >= 4 is 23.2 Å². The van der Waals surface area contributed by atoms with Crippen molar-refractivity contribution in [2.24, 2.45) is 5.10 Å². The first-order valence-electron chi connectivity index (χ1n) is 9.01. The second-order valence-electron chi connectivity index (χ2n) is 6.54. The van der Waals surface area contributed by atoms with E-state index in [1.54, 1.807) is 24.3 Å². The lowest BCUT2D eigenvalue weighted by Crippen LogP contribution is -2.19. The van der Waals surface area contributed by atoms with Crippen molar-refractivity contribution in [3.05, 3.63) is 101 Å². The molecule has 2 N–H and O–H groups in total. The average molecular weight is 389 g/mol. The van der Waals surface area contributed by atoms with E-state index in [1.165, 1.54) is 24.3 Å². The maximum absolute atomic E-state index is 12.9. The van der Waals surface area contributed by atoms with Crippen LogP contribution in [0, 0.1) is 12.7 Å². The fourth-order valence-corrected chi connectivity index (χ4v) is 2.57. The second-order valence-corrected chi connectivity index (χ2v) is 6.54. The predicted molar refractivity (Wildman–Crippen MR) is 112 cm³/mol. The van der Waals surface area contributed by atoms with Crippen LogP contribution in [-0.4, -0.2) is 17.5 Å². The number of carbonyl (C=O) groups is 2. The standard InChI is InChI=1S/C23H20FN3O2/c1-15-3-5-17(6-4-15)16(2)26-27-23(29)19-9-13-21(14-10-19)25-22(28)18-7-11-20(24)12-8-18/h3-14H,1-2H3,(H,25,28)(H,27,29). The third-order valence-corrected chi connectivity index (χ3v) is 4.31. The van der Waals surface area contributed by atoms with Crippen LogP contribution in [0.5, 0.6) is 0 Å². The summed E-state index contributed by atoms with van der Waals surface area (Å²) < 4.78 is 12.9. The van der Waals surface area contributed by atoms with Crippen molar-refractivity contribution in [2.45, 2.75) is 13.8 Å². The van der Waals surface area contributed by atoms with E-state index >= 15 is 0 Å². The number of hydrazone groups is 1. The minimum atomic E-state index is -0.405. The molecule has 6 heteroatoms. The first-order valence-corrected chi connectivity index (χ1v) is 9.01. The van der Waals surface area contributed by atoms with Gasteiger partial charge in [-0.1, -0.05) is 29.8 Å². The summed E-state index contributed by atoms with van der Waals surface area (Å²) in [4.78, 5) is 24.4. The zero-order valence-corrected chi connectivity index (χ0v) is 16.1. The molecule has 0 bridgehead atoms. The Kier molecular flexibility index (Phi) is 6.14. The van der Waals surface area contributed by atoms with Crippen LogP contribution in [0.15, 0.2) is 77.9 Å². The highest BCUT2D eigenvalue weighted by Gasteiger charge is 2.08. The number of aryl methyl sites for hydroxylation is 1. The highest BCUT2D eigenvalue weighted by molar-refractivity contribution is 6.04. The molecule has 29 heavy (non-hydrogen) atoms. The maximum Gasteiger partial charge on any atom is 0.271 e. The van der Waals surface area contributed by atoms with Crippen LogP contribution in [0.3, 0.4) is 0 Å². The Bertz CT molecular complexity index is 1040. The van der Waals surface area contributed by atoms with Gasteiger partial charge in [-0.2, -0.15) is 5.10 Å². The van der Waals surface area contributed by atoms with Gasteiger partial charge >= 0.3 is 0 Å². The molecule has 0 spiro atoms. The maximum atomic E-state index is 12.9. The number of nitrogens with one attached hydrogen (secondary N) is 2. The van der Waals surface area contributed by atoms with Crippen LogP contribution in [0.1, 0.15) is 38.8 Å². The SMILES string of the molecule is CC(=NNC(=O)c1ccc(NC(=O)c2ccc(F)cc2)cc1)c1ccc(C)cc1. The number of amides is 2. The molecule has 0 unspecified atom stereocenters. The summed E-state index contributed by atoms with van der Waals surface area (Å²) >= 11 is 0. The van der Waals surface area contributed by atoms with Crippen molar-refractivity contribution in [2.75, 3.05) is 5.32 Å². The van der Waals surface area contributed by atoms with Gasteiger partial charge < -0.3 is 5.32 Å². The Morgan fingerprint density at radius 1 is 0.759 bits per heavy atom. The number of hydrogen-bond donors (Lipinski definition) is 2. The molecular formula is C23H20FN3O2. The summed E-state index contributed by atoms with van der Waals surface area (Å²) in [7, 11) is 0. The van der Waals surface area contributed by atoms with E-state index in [9.17, 15) is 14.0 Å². The Balaban J connectivity index is 1.61. The zero-order valence-electron chi connectivity index (χ0n) is 16.1. The molecule has 3 rings (SSSR count). The molecule has 0 atom stereocenters. The van der Waals surface area contributed by atoms with Gasteiger partial charge in [-0.3, -0.25) is 9.59 Å². The van der Waals surface area contributed by atoms with Crippen molar-refractivity contribution < 1.29 is 14.0 Å². The smallest absolute Gasteiger partial charge is 0.271 e. The van der Waals surface area contributed by atoms with E-state index < -0.39 is 5.82 Å². The monoisotopic (exact) mass is 389 g/mol. The third-order valence-electron chi connectivity index (χ3n) is 4.31. The number of rotatable bonds is 5. The van der Waals surface area contributed by atoms with Gasteiger partial charge in [-0.05, 0) is 67.9 Å². The summed E-state index contributed by atoms with van der Waals surface area (Å²) in [6.07, 6.45) is 0. The van der Waals surface area contributed by atoms with E-state index in [0.717, 1.165) is 11.1 Å². The number of anilines is 1. The minimum Gasteiger partial charge on any atom is -0.322 e. The lowest BCUT2D eigenvalue weighted by atomic mass is 10.1. The Hall–Kier alpha value is -3.80. The van der Waals surface area contributed by atoms with Gasteiger partial charge in [0.25, 0.3) is 11.8 Å². The Labute approximate surface area is 168 Å². The van der Waals surface area contributed by atoms with Gasteiger partial charge in [0.1, 0.15) is 5.82 Å². The molecule has 2 amide bonds. The lowest BCUT2D eigenvalue weighted by molar-refractivity contribution is 0.0954. The van der Waals surface area contributed by atoms with E-state index in [1.807, 2.05) is 38.1 Å². The second kappa shape index (κ2) is 8.93. The molecule has 3 aromatic rings. The van der Waals surface area contributed by atoms with Gasteiger partial charge in [-0.15, -0.1) is 0 Å². The number of halogens is 1. The van der Waals surface area contributed by atoms with E-state index in [2.05, 4.69) is 15.8 Å². The highest BCUT2D eigenvalue weighted by Crippen LogP contribution is 2.12. The first-order chi connectivity index (χ1) is 13.9. The number of carbonyl (C=O) groups excluding carboxylic acids is 2. The fourth-order valence-electron chi connectivity index (χ4n) is 2.57. The Morgan fingerprint density at radius 2 is 1.28 bits per heavy atom. The first kappa shape index (κ1) is 19.9. The Morgan fingerprint density at radius 3 is 1.90 bits per heavy atom. The summed E-state index contributed by atoms with van der Waals surface area (Å²) in [6, 6.07) is 19.5. The molecule has 0 heterocycles. The molecule has 0 aliphatic carbocycles. The van der Waals surface area contributed by atoms with Gasteiger partial charge in [0.05, 0.1) is 5.71 Å². The van der Waals surface area contributed by atoms with Crippen LogP contribution in [0.4, 0.5) is 10.1 Å². The predicted octanol–water partition coefficient (Wildman–Crippen LogP) is 4.54.